The van der Waals surface area contributed by atoms with Crippen LogP contribution < -0.4 is 10.2 Å². The summed E-state index contributed by atoms with van der Waals surface area (Å²) in [6, 6.07) is 2.07. The molecule has 0 aromatic carbocycles. The summed E-state index contributed by atoms with van der Waals surface area (Å²) in [6.45, 7) is 11.2. The zero-order chi connectivity index (χ0) is 17.0. The first-order valence-electron chi connectivity index (χ1n) is 8.29. The van der Waals surface area contributed by atoms with Gasteiger partial charge in [-0.3, -0.25) is 0 Å². The van der Waals surface area contributed by atoms with Crippen molar-refractivity contribution >= 4 is 12.0 Å². The molecule has 0 aliphatic carbocycles. The number of hydrogen-bond acceptors (Lipinski definition) is 5. The van der Waals surface area contributed by atoms with Crippen LogP contribution in [0.3, 0.4) is 0 Å². The normalized spacial score (nSPS) is 21.9. The Balaban J connectivity index is 2.05. The molecule has 2 rings (SSSR count). The zero-order valence-electron chi connectivity index (χ0n) is 14.8. The van der Waals surface area contributed by atoms with Gasteiger partial charge in [-0.1, -0.05) is 6.92 Å². The third kappa shape index (κ3) is 5.08. The van der Waals surface area contributed by atoms with Crippen LogP contribution >= 0.6 is 0 Å². The van der Waals surface area contributed by atoms with Crippen LogP contribution in [0.2, 0.25) is 0 Å². The summed E-state index contributed by atoms with van der Waals surface area (Å²) in [4.78, 5) is 23.1. The van der Waals surface area contributed by atoms with Gasteiger partial charge >= 0.3 is 6.09 Å². The minimum Gasteiger partial charge on any atom is -0.444 e. The fourth-order valence-electron chi connectivity index (χ4n) is 2.88. The Morgan fingerprint density at radius 3 is 2.87 bits per heavy atom. The predicted molar refractivity (Wildman–Crippen MR) is 90.5 cm³/mol. The topological polar surface area (TPSA) is 67.4 Å². The molecule has 1 amide bonds. The standard InChI is InChI=1S/C17H28N4O2/c1-12-7-6-10-21(15-18-9-8-13(2)20-15)14(12)11-19-16(22)23-17(3,4)5/h8-9,12,14H,6-7,10-11H2,1-5H3,(H,19,22). The molecule has 0 radical (unpaired) electrons. The van der Waals surface area contributed by atoms with Crippen LogP contribution in [0.1, 0.15) is 46.2 Å². The van der Waals surface area contributed by atoms with Crippen LogP contribution in [0.4, 0.5) is 10.7 Å². The van der Waals surface area contributed by atoms with Gasteiger partial charge in [0, 0.05) is 25.0 Å². The first-order valence-corrected chi connectivity index (χ1v) is 8.29. The van der Waals surface area contributed by atoms with Crippen LogP contribution in [-0.2, 0) is 4.74 Å². The summed E-state index contributed by atoms with van der Waals surface area (Å²) in [5, 5.41) is 2.90. The quantitative estimate of drug-likeness (QED) is 0.927. The minimum absolute atomic E-state index is 0.179. The number of aryl methyl sites for hydroxylation is 1. The minimum atomic E-state index is -0.485. The fourth-order valence-corrected chi connectivity index (χ4v) is 2.88. The van der Waals surface area contributed by atoms with Crippen molar-refractivity contribution in [2.75, 3.05) is 18.0 Å². The molecule has 2 heterocycles. The highest BCUT2D eigenvalue weighted by molar-refractivity contribution is 5.67. The van der Waals surface area contributed by atoms with E-state index in [0.717, 1.165) is 31.0 Å². The lowest BCUT2D eigenvalue weighted by molar-refractivity contribution is 0.0519. The van der Waals surface area contributed by atoms with Crippen LogP contribution in [0, 0.1) is 12.8 Å². The number of alkyl carbamates (subject to hydrolysis) is 1. The molecule has 2 unspecified atom stereocenters. The molecule has 0 saturated carbocycles. The van der Waals surface area contributed by atoms with Gasteiger partial charge < -0.3 is 15.0 Å². The van der Waals surface area contributed by atoms with Crippen molar-refractivity contribution in [3.8, 4) is 0 Å². The van der Waals surface area contributed by atoms with E-state index in [1.807, 2.05) is 33.8 Å². The van der Waals surface area contributed by atoms with Crippen molar-refractivity contribution in [3.05, 3.63) is 18.0 Å². The molecule has 23 heavy (non-hydrogen) atoms. The maximum Gasteiger partial charge on any atom is 0.407 e. The summed E-state index contributed by atoms with van der Waals surface area (Å²) in [5.41, 5.74) is 0.466. The summed E-state index contributed by atoms with van der Waals surface area (Å²) < 4.78 is 5.32. The molecule has 128 valence electrons. The van der Waals surface area contributed by atoms with Gasteiger partial charge in [-0.25, -0.2) is 14.8 Å². The van der Waals surface area contributed by atoms with E-state index in [4.69, 9.17) is 4.74 Å². The first-order chi connectivity index (χ1) is 10.8. The number of rotatable bonds is 3. The van der Waals surface area contributed by atoms with Gasteiger partial charge in [-0.05, 0) is 52.5 Å². The molecule has 6 heteroatoms. The van der Waals surface area contributed by atoms with E-state index in [9.17, 15) is 4.79 Å². The Kier molecular flexibility index (Phi) is 5.44. The van der Waals surface area contributed by atoms with E-state index in [2.05, 4.69) is 27.1 Å². The van der Waals surface area contributed by atoms with Gasteiger partial charge in [0.25, 0.3) is 0 Å². The van der Waals surface area contributed by atoms with Gasteiger partial charge in [0.05, 0.1) is 6.04 Å². The van der Waals surface area contributed by atoms with Crippen LogP contribution in [-0.4, -0.2) is 40.8 Å². The number of nitrogens with one attached hydrogen (secondary N) is 1. The lowest BCUT2D eigenvalue weighted by Crippen LogP contribution is -2.52. The second-order valence-electron chi connectivity index (χ2n) is 7.26. The molecule has 1 saturated heterocycles. The third-order valence-electron chi connectivity index (χ3n) is 4.01. The smallest absolute Gasteiger partial charge is 0.407 e. The largest absolute Gasteiger partial charge is 0.444 e. The highest BCUT2D eigenvalue weighted by Gasteiger charge is 2.31. The number of hydrogen-bond donors (Lipinski definition) is 1. The molecule has 1 aliphatic heterocycles. The third-order valence-corrected chi connectivity index (χ3v) is 4.01. The lowest BCUT2D eigenvalue weighted by Gasteiger charge is -2.40. The van der Waals surface area contributed by atoms with Crippen molar-refractivity contribution in [1.82, 2.24) is 15.3 Å². The Hall–Kier alpha value is -1.85. The van der Waals surface area contributed by atoms with E-state index in [1.165, 1.54) is 0 Å². The number of anilines is 1. The number of nitrogens with zero attached hydrogens (tertiary/aromatic N) is 3. The van der Waals surface area contributed by atoms with E-state index in [-0.39, 0.29) is 12.1 Å². The van der Waals surface area contributed by atoms with Gasteiger partial charge in [0.1, 0.15) is 5.60 Å². The maximum absolute atomic E-state index is 11.9. The van der Waals surface area contributed by atoms with Crippen molar-refractivity contribution < 1.29 is 9.53 Å². The first kappa shape index (κ1) is 17.5. The highest BCUT2D eigenvalue weighted by atomic mass is 16.6. The van der Waals surface area contributed by atoms with E-state index >= 15 is 0 Å². The van der Waals surface area contributed by atoms with E-state index in [1.54, 1.807) is 6.20 Å². The Morgan fingerprint density at radius 1 is 1.48 bits per heavy atom. The molecule has 2 atom stereocenters. The Labute approximate surface area is 138 Å². The molecule has 6 nitrogen and oxygen atoms in total. The molecular weight excluding hydrogens is 292 g/mol. The maximum atomic E-state index is 11.9. The molecule has 1 aromatic heterocycles. The summed E-state index contributed by atoms with van der Waals surface area (Å²) in [5.74, 6) is 1.20. The molecule has 1 fully saturated rings. The summed E-state index contributed by atoms with van der Waals surface area (Å²) in [6.07, 6.45) is 3.67. The van der Waals surface area contributed by atoms with Gasteiger partial charge in [-0.15, -0.1) is 0 Å². The fraction of sp³-hybridized carbons (Fsp3) is 0.706. The van der Waals surface area contributed by atoms with Crippen molar-refractivity contribution in [1.29, 1.82) is 0 Å². The zero-order valence-corrected chi connectivity index (χ0v) is 14.8. The highest BCUT2D eigenvalue weighted by Crippen LogP contribution is 2.26. The number of amides is 1. The molecular formula is C17H28N4O2. The van der Waals surface area contributed by atoms with Gasteiger partial charge in [0.15, 0.2) is 0 Å². The van der Waals surface area contributed by atoms with Crippen LogP contribution in [0.5, 0.6) is 0 Å². The molecule has 0 spiro atoms. The number of carbonyl (C=O) groups excluding carboxylic acids is 1. The number of carbonyl (C=O) groups is 1. The molecule has 1 aromatic rings. The summed E-state index contributed by atoms with van der Waals surface area (Å²) in [7, 11) is 0. The van der Waals surface area contributed by atoms with Crippen LogP contribution in [0.25, 0.3) is 0 Å². The van der Waals surface area contributed by atoms with Crippen LogP contribution in [0.15, 0.2) is 12.3 Å². The number of piperidine rings is 1. The molecule has 1 N–H and O–H groups in total. The van der Waals surface area contributed by atoms with Gasteiger partial charge in [0.2, 0.25) is 5.95 Å². The van der Waals surface area contributed by atoms with Crippen molar-refractivity contribution in [3.63, 3.8) is 0 Å². The Morgan fingerprint density at radius 2 is 2.22 bits per heavy atom. The second kappa shape index (κ2) is 7.15. The monoisotopic (exact) mass is 320 g/mol. The van der Waals surface area contributed by atoms with Crippen molar-refractivity contribution in [2.24, 2.45) is 5.92 Å². The second-order valence-corrected chi connectivity index (χ2v) is 7.26. The molecule has 1 aliphatic rings. The number of aromatic nitrogens is 2. The average molecular weight is 320 g/mol. The lowest BCUT2D eigenvalue weighted by atomic mass is 9.91. The summed E-state index contributed by atoms with van der Waals surface area (Å²) >= 11 is 0. The van der Waals surface area contributed by atoms with Gasteiger partial charge in [-0.2, -0.15) is 0 Å². The molecule has 0 bridgehead atoms. The predicted octanol–water partition coefficient (Wildman–Crippen LogP) is 2.91. The average Bonchev–Trinajstić information content (AvgIpc) is 2.44. The van der Waals surface area contributed by atoms with Crippen molar-refractivity contribution in [2.45, 2.75) is 59.1 Å². The van der Waals surface area contributed by atoms with E-state index < -0.39 is 5.60 Å². The van der Waals surface area contributed by atoms with E-state index in [0.29, 0.717) is 12.5 Å². The number of ether oxygens (including phenoxy) is 1. The SMILES string of the molecule is Cc1ccnc(N2CCCC(C)C2CNC(=O)OC(C)(C)C)n1. The Bertz CT molecular complexity index is 542.